The van der Waals surface area contributed by atoms with Gasteiger partial charge in [0.1, 0.15) is 11.9 Å². The van der Waals surface area contributed by atoms with Gasteiger partial charge in [-0.05, 0) is 35.7 Å². The quantitative estimate of drug-likeness (QED) is 0.791. The molecular weight excluding hydrogens is 257 g/mol. The third kappa shape index (κ3) is 2.08. The van der Waals surface area contributed by atoms with Gasteiger partial charge in [0.25, 0.3) is 0 Å². The maximum absolute atomic E-state index is 13.6. The molecule has 4 heteroatoms. The summed E-state index contributed by atoms with van der Waals surface area (Å²) in [5.41, 5.74) is 1.86. The Labute approximate surface area is 115 Å². The van der Waals surface area contributed by atoms with Gasteiger partial charge in [-0.25, -0.2) is 4.39 Å². The lowest BCUT2D eigenvalue weighted by atomic mass is 10.0. The number of aliphatic hydroxyl groups excluding tert-OH is 1. The van der Waals surface area contributed by atoms with Crippen LogP contribution in [-0.4, -0.2) is 10.1 Å². The topological polar surface area (TPSA) is 46.3 Å². The number of aliphatic hydroxyl groups is 1. The van der Waals surface area contributed by atoms with Crippen LogP contribution in [0, 0.1) is 5.82 Å². The van der Waals surface area contributed by atoms with E-state index in [1.807, 2.05) is 6.92 Å². The lowest BCUT2D eigenvalue weighted by Gasteiger charge is -2.11. The number of rotatable bonds is 3. The Morgan fingerprint density at radius 3 is 2.95 bits per heavy atom. The molecule has 3 rings (SSSR count). The average molecular weight is 271 g/mol. The predicted molar refractivity (Wildman–Crippen MR) is 73.8 cm³/mol. The summed E-state index contributed by atoms with van der Waals surface area (Å²) in [6.07, 6.45) is 3.19. The Balaban J connectivity index is 2.08. The number of fused-ring (bicyclic) bond motifs is 1. The smallest absolute Gasteiger partial charge is 0.170 e. The number of hydrogen-bond donors (Lipinski definition) is 1. The van der Waals surface area contributed by atoms with Gasteiger partial charge in [0, 0.05) is 17.8 Å². The Hall–Kier alpha value is -2.20. The van der Waals surface area contributed by atoms with Gasteiger partial charge in [-0.1, -0.05) is 19.1 Å². The van der Waals surface area contributed by atoms with Crippen molar-refractivity contribution < 1.29 is 13.9 Å². The molecule has 3 nitrogen and oxygen atoms in total. The van der Waals surface area contributed by atoms with Crippen molar-refractivity contribution in [2.45, 2.75) is 19.4 Å². The third-order valence-corrected chi connectivity index (χ3v) is 3.40. The van der Waals surface area contributed by atoms with Gasteiger partial charge in [0.15, 0.2) is 11.4 Å². The predicted octanol–water partition coefficient (Wildman–Crippen LogP) is 3.61. The molecule has 102 valence electrons. The maximum atomic E-state index is 13.6. The summed E-state index contributed by atoms with van der Waals surface area (Å²) in [6, 6.07) is 8.14. The summed E-state index contributed by atoms with van der Waals surface area (Å²) in [5.74, 6) is -0.0857. The Bertz CT molecular complexity index is 751. The Morgan fingerprint density at radius 2 is 2.20 bits per heavy atom. The summed E-state index contributed by atoms with van der Waals surface area (Å²) in [6.45, 7) is 1.99. The fourth-order valence-electron chi connectivity index (χ4n) is 2.34. The minimum atomic E-state index is -0.917. The number of furan rings is 1. The van der Waals surface area contributed by atoms with Crippen LogP contribution >= 0.6 is 0 Å². The zero-order valence-corrected chi connectivity index (χ0v) is 11.0. The molecule has 20 heavy (non-hydrogen) atoms. The van der Waals surface area contributed by atoms with Crippen molar-refractivity contribution in [1.29, 1.82) is 0 Å². The highest BCUT2D eigenvalue weighted by Gasteiger charge is 2.19. The van der Waals surface area contributed by atoms with E-state index in [0.717, 1.165) is 17.5 Å². The van der Waals surface area contributed by atoms with Gasteiger partial charge in [-0.15, -0.1) is 0 Å². The zero-order chi connectivity index (χ0) is 14.1. The molecule has 0 radical (unpaired) electrons. The number of aromatic nitrogens is 1. The molecule has 0 fully saturated rings. The fraction of sp³-hybridized carbons (Fsp3) is 0.188. The molecule has 0 bridgehead atoms. The summed E-state index contributed by atoms with van der Waals surface area (Å²) >= 11 is 0. The molecule has 0 aliphatic rings. The first-order chi connectivity index (χ1) is 9.70. The van der Waals surface area contributed by atoms with Crippen LogP contribution in [0.3, 0.4) is 0 Å². The van der Waals surface area contributed by atoms with Gasteiger partial charge in [-0.3, -0.25) is 4.98 Å². The normalized spacial score (nSPS) is 12.8. The van der Waals surface area contributed by atoms with Crippen molar-refractivity contribution in [3.8, 4) is 0 Å². The first kappa shape index (κ1) is 12.8. The Morgan fingerprint density at radius 1 is 1.35 bits per heavy atom. The second kappa shape index (κ2) is 5.06. The number of aryl methyl sites for hydroxylation is 1. The van der Waals surface area contributed by atoms with Crippen LogP contribution in [0.5, 0.6) is 0 Å². The molecule has 3 aromatic rings. The van der Waals surface area contributed by atoms with Crippen molar-refractivity contribution in [1.82, 2.24) is 4.98 Å². The van der Waals surface area contributed by atoms with Crippen LogP contribution in [0.15, 0.2) is 47.1 Å². The van der Waals surface area contributed by atoms with Gasteiger partial charge in [0.2, 0.25) is 0 Å². The number of para-hydroxylation sites is 1. The van der Waals surface area contributed by atoms with Crippen molar-refractivity contribution in [2.24, 2.45) is 0 Å². The van der Waals surface area contributed by atoms with E-state index in [1.54, 1.807) is 36.7 Å². The molecule has 0 saturated carbocycles. The monoisotopic (exact) mass is 271 g/mol. The molecule has 0 aliphatic heterocycles. The van der Waals surface area contributed by atoms with Gasteiger partial charge >= 0.3 is 0 Å². The second-order valence-electron chi connectivity index (χ2n) is 4.64. The van der Waals surface area contributed by atoms with Crippen molar-refractivity contribution in [2.75, 3.05) is 0 Å². The van der Waals surface area contributed by atoms with E-state index in [1.165, 1.54) is 6.07 Å². The van der Waals surface area contributed by atoms with E-state index in [-0.39, 0.29) is 5.58 Å². The average Bonchev–Trinajstić information content (AvgIpc) is 2.92. The molecule has 1 atom stereocenters. The summed E-state index contributed by atoms with van der Waals surface area (Å²) in [5, 5.41) is 11.1. The first-order valence-corrected chi connectivity index (χ1v) is 6.49. The molecule has 1 aromatic carbocycles. The minimum Gasteiger partial charge on any atom is -0.455 e. The number of halogens is 1. The second-order valence-corrected chi connectivity index (χ2v) is 4.64. The van der Waals surface area contributed by atoms with E-state index in [0.29, 0.717) is 11.1 Å². The van der Waals surface area contributed by atoms with Crippen LogP contribution < -0.4 is 0 Å². The molecule has 2 heterocycles. The number of benzene rings is 1. The molecule has 1 unspecified atom stereocenters. The summed E-state index contributed by atoms with van der Waals surface area (Å²) < 4.78 is 19.1. The molecule has 0 spiro atoms. The van der Waals surface area contributed by atoms with Crippen molar-refractivity contribution in [3.05, 3.63) is 65.4 Å². The van der Waals surface area contributed by atoms with E-state index in [4.69, 9.17) is 4.42 Å². The van der Waals surface area contributed by atoms with Crippen LogP contribution in [0.4, 0.5) is 4.39 Å². The summed E-state index contributed by atoms with van der Waals surface area (Å²) in [4.78, 5) is 4.05. The van der Waals surface area contributed by atoms with Crippen molar-refractivity contribution in [3.63, 3.8) is 0 Å². The highest BCUT2D eigenvalue weighted by Crippen LogP contribution is 2.30. The van der Waals surface area contributed by atoms with Crippen LogP contribution in [0.2, 0.25) is 0 Å². The third-order valence-electron chi connectivity index (χ3n) is 3.40. The van der Waals surface area contributed by atoms with Crippen molar-refractivity contribution >= 4 is 11.0 Å². The van der Waals surface area contributed by atoms with Gasteiger partial charge < -0.3 is 9.52 Å². The highest BCUT2D eigenvalue weighted by molar-refractivity contribution is 5.78. The standard InChI is InChI=1S/C16H14FNO2/c1-2-10-9-18-7-6-12(10)15(19)14-8-11-4-3-5-13(17)16(11)20-14/h3-9,15,19H,2H2,1H3. The first-order valence-electron chi connectivity index (χ1n) is 6.49. The number of hydrogen-bond acceptors (Lipinski definition) is 3. The molecule has 1 N–H and O–H groups in total. The van der Waals surface area contributed by atoms with E-state index in [2.05, 4.69) is 4.98 Å². The Kier molecular flexibility index (Phi) is 3.24. The van der Waals surface area contributed by atoms with Crippen LogP contribution in [0.1, 0.15) is 29.9 Å². The SMILES string of the molecule is CCc1cnccc1C(O)c1cc2cccc(F)c2o1. The minimum absolute atomic E-state index is 0.175. The fourth-order valence-corrected chi connectivity index (χ4v) is 2.34. The molecular formula is C16H14FNO2. The molecule has 0 amide bonds. The molecule has 0 saturated heterocycles. The van der Waals surface area contributed by atoms with Gasteiger partial charge in [0.05, 0.1) is 0 Å². The lowest BCUT2D eigenvalue weighted by molar-refractivity contribution is 0.190. The highest BCUT2D eigenvalue weighted by atomic mass is 19.1. The molecule has 2 aromatic heterocycles. The zero-order valence-electron chi connectivity index (χ0n) is 11.0. The van der Waals surface area contributed by atoms with E-state index >= 15 is 0 Å². The maximum Gasteiger partial charge on any atom is 0.170 e. The van der Waals surface area contributed by atoms with E-state index in [9.17, 15) is 9.50 Å². The largest absolute Gasteiger partial charge is 0.455 e. The van der Waals surface area contributed by atoms with E-state index < -0.39 is 11.9 Å². The number of nitrogens with zero attached hydrogens (tertiary/aromatic N) is 1. The van der Waals surface area contributed by atoms with Gasteiger partial charge in [-0.2, -0.15) is 0 Å². The summed E-state index contributed by atoms with van der Waals surface area (Å²) in [7, 11) is 0. The lowest BCUT2D eigenvalue weighted by Crippen LogP contribution is -2.02. The van der Waals surface area contributed by atoms with Crippen LogP contribution in [-0.2, 0) is 6.42 Å². The number of pyridine rings is 1. The van der Waals surface area contributed by atoms with Crippen LogP contribution in [0.25, 0.3) is 11.0 Å². The molecule has 0 aliphatic carbocycles.